The van der Waals surface area contributed by atoms with Crippen molar-refractivity contribution in [1.29, 1.82) is 0 Å². The first-order chi connectivity index (χ1) is 13.6. The molecule has 158 valence electrons. The lowest BCUT2D eigenvalue weighted by atomic mass is 9.97. The molecule has 1 amide bonds. The summed E-state index contributed by atoms with van der Waals surface area (Å²) in [6.45, 7) is 10.7. The van der Waals surface area contributed by atoms with Crippen LogP contribution < -0.4 is 10.1 Å². The molecule has 2 rings (SSSR count). The number of nitrogens with zero attached hydrogens (tertiary/aromatic N) is 1. The number of anilines is 1. The number of hydrogen-bond acceptors (Lipinski definition) is 4. The van der Waals surface area contributed by atoms with Gasteiger partial charge in [0.15, 0.2) is 0 Å². The Morgan fingerprint density at radius 1 is 1.11 bits per heavy atom. The Balaban J connectivity index is 1.76. The number of ether oxygens (including phenoxy) is 2. The zero-order valence-electron chi connectivity index (χ0n) is 18.0. The molecule has 1 aliphatic heterocycles. The highest BCUT2D eigenvalue weighted by molar-refractivity contribution is 5.97. The molecule has 5 heteroatoms. The van der Waals surface area contributed by atoms with E-state index in [9.17, 15) is 4.79 Å². The van der Waals surface area contributed by atoms with Crippen molar-refractivity contribution < 1.29 is 14.3 Å². The van der Waals surface area contributed by atoms with E-state index < -0.39 is 5.60 Å². The van der Waals surface area contributed by atoms with E-state index in [0.717, 1.165) is 50.3 Å². The molecule has 1 aromatic rings. The third kappa shape index (κ3) is 7.44. The van der Waals surface area contributed by atoms with Gasteiger partial charge in [-0.15, -0.1) is 0 Å². The van der Waals surface area contributed by atoms with Gasteiger partial charge in [0, 0.05) is 18.8 Å². The van der Waals surface area contributed by atoms with Gasteiger partial charge in [-0.05, 0) is 76.9 Å². The van der Waals surface area contributed by atoms with Gasteiger partial charge >= 0.3 is 0 Å². The number of likely N-dealkylation sites (tertiary alicyclic amines) is 1. The van der Waals surface area contributed by atoms with Crippen molar-refractivity contribution in [2.24, 2.45) is 0 Å². The minimum atomic E-state index is -0.783. The van der Waals surface area contributed by atoms with Gasteiger partial charge in [0.1, 0.15) is 11.4 Å². The topological polar surface area (TPSA) is 50.8 Å². The Labute approximate surface area is 170 Å². The fourth-order valence-corrected chi connectivity index (χ4v) is 3.64. The van der Waals surface area contributed by atoms with Crippen molar-refractivity contribution in [3.63, 3.8) is 0 Å². The van der Waals surface area contributed by atoms with Crippen LogP contribution in [0.3, 0.4) is 0 Å². The molecule has 1 aromatic carbocycles. The molecule has 0 radical (unpaired) electrons. The van der Waals surface area contributed by atoms with Crippen LogP contribution in [-0.2, 0) is 9.53 Å². The summed E-state index contributed by atoms with van der Waals surface area (Å²) in [5.41, 5.74) is -0.0120. The number of nitrogens with one attached hydrogen (secondary N) is 1. The molecule has 1 heterocycles. The molecule has 1 saturated heterocycles. The lowest BCUT2D eigenvalue weighted by Gasteiger charge is -2.28. The predicted molar refractivity (Wildman–Crippen MR) is 115 cm³/mol. The second-order valence-corrected chi connectivity index (χ2v) is 7.85. The Morgan fingerprint density at radius 3 is 2.46 bits per heavy atom. The highest BCUT2D eigenvalue weighted by Crippen LogP contribution is 2.23. The van der Waals surface area contributed by atoms with Crippen LogP contribution >= 0.6 is 0 Å². The molecule has 1 fully saturated rings. The van der Waals surface area contributed by atoms with Crippen molar-refractivity contribution in [3.8, 4) is 5.75 Å². The lowest BCUT2D eigenvalue weighted by molar-refractivity contribution is -0.139. The minimum Gasteiger partial charge on any atom is -0.494 e. The number of piperidine rings is 1. The number of benzene rings is 1. The first-order valence-electron chi connectivity index (χ1n) is 11.0. The molecule has 1 atom stereocenters. The van der Waals surface area contributed by atoms with Crippen molar-refractivity contribution in [1.82, 2.24) is 4.90 Å². The molecular weight excluding hydrogens is 352 g/mol. The monoisotopic (exact) mass is 390 g/mol. The van der Waals surface area contributed by atoms with E-state index >= 15 is 0 Å². The van der Waals surface area contributed by atoms with Crippen molar-refractivity contribution in [2.75, 3.05) is 38.2 Å². The number of hydrogen-bond donors (Lipinski definition) is 1. The van der Waals surface area contributed by atoms with Crippen LogP contribution in [0, 0.1) is 0 Å². The van der Waals surface area contributed by atoms with Gasteiger partial charge in [-0.3, -0.25) is 4.79 Å². The quantitative estimate of drug-likeness (QED) is 0.518. The smallest absolute Gasteiger partial charge is 0.256 e. The molecule has 0 bridgehead atoms. The summed E-state index contributed by atoms with van der Waals surface area (Å²) in [6, 6.07) is 7.62. The van der Waals surface area contributed by atoms with E-state index in [-0.39, 0.29) is 5.91 Å². The van der Waals surface area contributed by atoms with E-state index in [2.05, 4.69) is 17.1 Å². The maximum atomic E-state index is 12.7. The van der Waals surface area contributed by atoms with E-state index in [1.807, 2.05) is 38.1 Å². The van der Waals surface area contributed by atoms with Crippen LogP contribution in [0.15, 0.2) is 24.3 Å². The van der Waals surface area contributed by atoms with Gasteiger partial charge in [0.2, 0.25) is 0 Å². The summed E-state index contributed by atoms with van der Waals surface area (Å²) < 4.78 is 11.6. The number of amides is 1. The first kappa shape index (κ1) is 22.7. The van der Waals surface area contributed by atoms with Crippen molar-refractivity contribution >= 4 is 11.6 Å². The summed E-state index contributed by atoms with van der Waals surface area (Å²) in [5, 5.41) is 2.99. The summed E-state index contributed by atoms with van der Waals surface area (Å²) in [6.07, 6.45) is 7.81. The maximum absolute atomic E-state index is 12.7. The van der Waals surface area contributed by atoms with Gasteiger partial charge in [0.25, 0.3) is 5.91 Å². The average molecular weight is 391 g/mol. The number of carbonyl (C=O) groups excluding carboxylic acids is 1. The van der Waals surface area contributed by atoms with Crippen LogP contribution in [0.2, 0.25) is 0 Å². The van der Waals surface area contributed by atoms with Gasteiger partial charge in [0.05, 0.1) is 6.61 Å². The predicted octanol–water partition coefficient (Wildman–Crippen LogP) is 4.87. The Bertz CT molecular complexity index is 570. The average Bonchev–Trinajstić information content (AvgIpc) is 2.72. The van der Waals surface area contributed by atoms with E-state index in [1.54, 1.807) is 0 Å². The molecule has 0 saturated carbocycles. The summed E-state index contributed by atoms with van der Waals surface area (Å²) >= 11 is 0. The number of unbranched alkanes of at least 4 members (excludes halogenated alkanes) is 1. The van der Waals surface area contributed by atoms with Crippen LogP contribution in [0.4, 0.5) is 5.69 Å². The SMILES string of the molecule is CCCCC(C)(OCC)C(=O)Nc1ccc(OCCCN2CCCCC2)cc1. The van der Waals surface area contributed by atoms with Gasteiger partial charge in [-0.1, -0.05) is 26.2 Å². The maximum Gasteiger partial charge on any atom is 0.256 e. The normalized spacial score (nSPS) is 17.1. The molecular formula is C23H38N2O3. The van der Waals surface area contributed by atoms with Crippen molar-refractivity contribution in [2.45, 2.75) is 71.3 Å². The second-order valence-electron chi connectivity index (χ2n) is 7.85. The number of carbonyl (C=O) groups is 1. The van der Waals surface area contributed by atoms with Crippen molar-refractivity contribution in [3.05, 3.63) is 24.3 Å². The molecule has 28 heavy (non-hydrogen) atoms. The second kappa shape index (κ2) is 12.1. The minimum absolute atomic E-state index is 0.0852. The van der Waals surface area contributed by atoms with Gasteiger partial charge < -0.3 is 19.7 Å². The highest BCUT2D eigenvalue weighted by atomic mass is 16.5. The van der Waals surface area contributed by atoms with E-state index in [0.29, 0.717) is 6.61 Å². The van der Waals surface area contributed by atoms with Crippen LogP contribution in [0.25, 0.3) is 0 Å². The Kier molecular flexibility index (Phi) is 9.79. The molecule has 0 aliphatic carbocycles. The van der Waals surface area contributed by atoms with Crippen LogP contribution in [-0.4, -0.2) is 49.3 Å². The zero-order chi connectivity index (χ0) is 20.2. The summed E-state index contributed by atoms with van der Waals surface area (Å²) in [5.74, 6) is 0.758. The first-order valence-corrected chi connectivity index (χ1v) is 11.0. The zero-order valence-corrected chi connectivity index (χ0v) is 18.0. The van der Waals surface area contributed by atoms with Crippen LogP contribution in [0.5, 0.6) is 5.75 Å². The lowest BCUT2D eigenvalue weighted by Crippen LogP contribution is -2.42. The third-order valence-corrected chi connectivity index (χ3v) is 5.40. The molecule has 0 aromatic heterocycles. The Morgan fingerprint density at radius 2 is 1.82 bits per heavy atom. The number of rotatable bonds is 12. The molecule has 1 N–H and O–H groups in total. The van der Waals surface area contributed by atoms with Crippen LogP contribution in [0.1, 0.15) is 65.7 Å². The largest absolute Gasteiger partial charge is 0.494 e. The highest BCUT2D eigenvalue weighted by Gasteiger charge is 2.33. The summed E-state index contributed by atoms with van der Waals surface area (Å²) in [4.78, 5) is 15.2. The summed E-state index contributed by atoms with van der Waals surface area (Å²) in [7, 11) is 0. The molecule has 0 spiro atoms. The Hall–Kier alpha value is -1.59. The fraction of sp³-hybridized carbons (Fsp3) is 0.696. The van der Waals surface area contributed by atoms with Gasteiger partial charge in [-0.2, -0.15) is 0 Å². The van der Waals surface area contributed by atoms with Gasteiger partial charge in [-0.25, -0.2) is 0 Å². The van der Waals surface area contributed by atoms with E-state index in [4.69, 9.17) is 9.47 Å². The fourth-order valence-electron chi connectivity index (χ4n) is 3.64. The standard InChI is InChI=1S/C23H38N2O3/c1-4-6-15-23(3,28-5-2)22(26)24-20-11-13-21(14-12-20)27-19-10-18-25-16-8-7-9-17-25/h11-14H,4-10,15-19H2,1-3H3,(H,24,26). The van der Waals surface area contributed by atoms with E-state index in [1.165, 1.54) is 32.4 Å². The third-order valence-electron chi connectivity index (χ3n) is 5.40. The molecule has 1 unspecified atom stereocenters. The molecule has 5 nitrogen and oxygen atoms in total. The molecule has 1 aliphatic rings.